The second-order valence-corrected chi connectivity index (χ2v) is 4.16. The quantitative estimate of drug-likeness (QED) is 0.767. The Balaban J connectivity index is 2.28. The van der Waals surface area contributed by atoms with Gasteiger partial charge in [0.25, 0.3) is 0 Å². The lowest BCUT2D eigenvalue weighted by Gasteiger charge is -2.19. The molecule has 0 unspecified atom stereocenters. The molecule has 0 saturated heterocycles. The molecule has 0 saturated carbocycles. The Morgan fingerprint density at radius 1 is 1.38 bits per heavy atom. The standard InChI is InChI=1S/C9H17N3O/c1-7-11-8(13-12-7)5-6-10-9(2,3)4/h10H,5-6H2,1-4H3. The van der Waals surface area contributed by atoms with E-state index in [1.165, 1.54) is 0 Å². The molecule has 74 valence electrons. The second-order valence-electron chi connectivity index (χ2n) is 4.16. The van der Waals surface area contributed by atoms with E-state index in [2.05, 4.69) is 36.2 Å². The number of hydrogen-bond donors (Lipinski definition) is 1. The number of rotatable bonds is 3. The van der Waals surface area contributed by atoms with Gasteiger partial charge in [-0.2, -0.15) is 4.98 Å². The molecule has 0 spiro atoms. The third-order valence-corrected chi connectivity index (χ3v) is 1.56. The van der Waals surface area contributed by atoms with Gasteiger partial charge in [0, 0.05) is 18.5 Å². The highest BCUT2D eigenvalue weighted by Crippen LogP contribution is 2.00. The number of hydrogen-bond acceptors (Lipinski definition) is 4. The molecule has 0 radical (unpaired) electrons. The highest BCUT2D eigenvalue weighted by Gasteiger charge is 2.09. The maximum Gasteiger partial charge on any atom is 0.227 e. The number of nitrogens with one attached hydrogen (secondary N) is 1. The van der Waals surface area contributed by atoms with E-state index in [1.807, 2.05) is 6.92 Å². The van der Waals surface area contributed by atoms with Crippen molar-refractivity contribution in [1.29, 1.82) is 0 Å². The number of aryl methyl sites for hydroxylation is 1. The largest absolute Gasteiger partial charge is 0.339 e. The average Bonchev–Trinajstić information content (AvgIpc) is 2.33. The summed E-state index contributed by atoms with van der Waals surface area (Å²) in [6, 6.07) is 0. The molecule has 1 aromatic rings. The predicted octanol–water partition coefficient (Wildman–Crippen LogP) is 1.31. The third-order valence-electron chi connectivity index (χ3n) is 1.56. The van der Waals surface area contributed by atoms with E-state index < -0.39 is 0 Å². The lowest BCUT2D eigenvalue weighted by atomic mass is 10.1. The molecule has 13 heavy (non-hydrogen) atoms. The molecule has 4 heteroatoms. The van der Waals surface area contributed by atoms with Crippen LogP contribution in [0.3, 0.4) is 0 Å². The van der Waals surface area contributed by atoms with Gasteiger partial charge >= 0.3 is 0 Å². The second kappa shape index (κ2) is 3.87. The zero-order valence-electron chi connectivity index (χ0n) is 8.72. The molecule has 0 fully saturated rings. The van der Waals surface area contributed by atoms with Crippen LogP contribution in [0, 0.1) is 6.92 Å². The molecule has 0 amide bonds. The van der Waals surface area contributed by atoms with Crippen LogP contribution in [0.4, 0.5) is 0 Å². The van der Waals surface area contributed by atoms with Crippen LogP contribution in [0.1, 0.15) is 32.5 Å². The van der Waals surface area contributed by atoms with Crippen LogP contribution in [0.5, 0.6) is 0 Å². The van der Waals surface area contributed by atoms with Crippen molar-refractivity contribution >= 4 is 0 Å². The monoisotopic (exact) mass is 183 g/mol. The summed E-state index contributed by atoms with van der Waals surface area (Å²) < 4.78 is 4.98. The molecule has 1 N–H and O–H groups in total. The Labute approximate surface area is 78.7 Å². The first kappa shape index (κ1) is 10.2. The summed E-state index contributed by atoms with van der Waals surface area (Å²) in [7, 11) is 0. The van der Waals surface area contributed by atoms with Gasteiger partial charge in [0.2, 0.25) is 5.89 Å². The molecule has 0 aliphatic carbocycles. The van der Waals surface area contributed by atoms with Crippen molar-refractivity contribution in [3.8, 4) is 0 Å². The van der Waals surface area contributed by atoms with Crippen LogP contribution in [0.2, 0.25) is 0 Å². The lowest BCUT2D eigenvalue weighted by molar-refractivity contribution is 0.359. The number of aromatic nitrogens is 2. The van der Waals surface area contributed by atoms with Gasteiger partial charge in [0.15, 0.2) is 5.82 Å². The maximum absolute atomic E-state index is 4.98. The molecule has 0 bridgehead atoms. The van der Waals surface area contributed by atoms with Gasteiger partial charge in [0.05, 0.1) is 0 Å². The summed E-state index contributed by atoms with van der Waals surface area (Å²) in [5.74, 6) is 1.40. The molecular weight excluding hydrogens is 166 g/mol. The van der Waals surface area contributed by atoms with Gasteiger partial charge < -0.3 is 9.84 Å². The van der Waals surface area contributed by atoms with Crippen molar-refractivity contribution < 1.29 is 4.52 Å². The van der Waals surface area contributed by atoms with E-state index in [-0.39, 0.29) is 5.54 Å². The predicted molar refractivity (Wildman–Crippen MR) is 50.5 cm³/mol. The summed E-state index contributed by atoms with van der Waals surface area (Å²) >= 11 is 0. The zero-order valence-corrected chi connectivity index (χ0v) is 8.72. The molecule has 0 aliphatic rings. The fraction of sp³-hybridized carbons (Fsp3) is 0.778. The first-order valence-electron chi connectivity index (χ1n) is 4.51. The Kier molecular flexibility index (Phi) is 3.03. The molecular formula is C9H17N3O. The summed E-state index contributed by atoms with van der Waals surface area (Å²) in [6.07, 6.45) is 0.790. The Morgan fingerprint density at radius 3 is 2.54 bits per heavy atom. The molecule has 4 nitrogen and oxygen atoms in total. The summed E-state index contributed by atoms with van der Waals surface area (Å²) in [5.41, 5.74) is 0.148. The highest BCUT2D eigenvalue weighted by atomic mass is 16.5. The van der Waals surface area contributed by atoms with Crippen LogP contribution in [0.25, 0.3) is 0 Å². The van der Waals surface area contributed by atoms with E-state index in [9.17, 15) is 0 Å². The summed E-state index contributed by atoms with van der Waals surface area (Å²) in [4.78, 5) is 4.11. The summed E-state index contributed by atoms with van der Waals surface area (Å²) in [5, 5.41) is 7.07. The van der Waals surface area contributed by atoms with Crippen molar-refractivity contribution in [2.24, 2.45) is 0 Å². The average molecular weight is 183 g/mol. The van der Waals surface area contributed by atoms with Crippen molar-refractivity contribution in [3.05, 3.63) is 11.7 Å². The van der Waals surface area contributed by atoms with Gasteiger partial charge in [-0.15, -0.1) is 0 Å². The van der Waals surface area contributed by atoms with E-state index in [0.29, 0.717) is 11.7 Å². The summed E-state index contributed by atoms with van der Waals surface area (Å²) in [6.45, 7) is 9.08. The van der Waals surface area contributed by atoms with Crippen molar-refractivity contribution in [1.82, 2.24) is 15.5 Å². The topological polar surface area (TPSA) is 51.0 Å². The Hall–Kier alpha value is -0.900. The van der Waals surface area contributed by atoms with Crippen molar-refractivity contribution in [3.63, 3.8) is 0 Å². The minimum absolute atomic E-state index is 0.148. The van der Waals surface area contributed by atoms with E-state index in [4.69, 9.17) is 4.52 Å². The first-order chi connectivity index (χ1) is 5.97. The molecule has 0 aromatic carbocycles. The highest BCUT2D eigenvalue weighted by molar-refractivity contribution is 4.84. The molecule has 1 heterocycles. The SMILES string of the molecule is Cc1noc(CCNC(C)(C)C)n1. The first-order valence-corrected chi connectivity index (χ1v) is 4.51. The van der Waals surface area contributed by atoms with Crippen LogP contribution in [0.15, 0.2) is 4.52 Å². The fourth-order valence-electron chi connectivity index (χ4n) is 0.986. The van der Waals surface area contributed by atoms with Crippen LogP contribution < -0.4 is 5.32 Å². The minimum Gasteiger partial charge on any atom is -0.339 e. The maximum atomic E-state index is 4.98. The molecule has 0 atom stereocenters. The van der Waals surface area contributed by atoms with E-state index in [1.54, 1.807) is 0 Å². The fourth-order valence-corrected chi connectivity index (χ4v) is 0.986. The minimum atomic E-state index is 0.148. The van der Waals surface area contributed by atoms with Gasteiger partial charge in [-0.25, -0.2) is 0 Å². The molecule has 0 aliphatic heterocycles. The molecule has 1 rings (SSSR count). The van der Waals surface area contributed by atoms with Crippen LogP contribution >= 0.6 is 0 Å². The van der Waals surface area contributed by atoms with E-state index >= 15 is 0 Å². The zero-order chi connectivity index (χ0) is 9.90. The Bertz CT molecular complexity index is 262. The van der Waals surface area contributed by atoms with Crippen molar-refractivity contribution in [2.45, 2.75) is 39.7 Å². The molecule has 1 aromatic heterocycles. The Morgan fingerprint density at radius 2 is 2.08 bits per heavy atom. The van der Waals surface area contributed by atoms with E-state index in [0.717, 1.165) is 13.0 Å². The van der Waals surface area contributed by atoms with Gasteiger partial charge in [0.1, 0.15) is 0 Å². The van der Waals surface area contributed by atoms with Gasteiger partial charge in [-0.3, -0.25) is 0 Å². The number of nitrogens with zero attached hydrogens (tertiary/aromatic N) is 2. The van der Waals surface area contributed by atoms with Crippen LogP contribution in [-0.2, 0) is 6.42 Å². The van der Waals surface area contributed by atoms with Gasteiger partial charge in [-0.1, -0.05) is 5.16 Å². The van der Waals surface area contributed by atoms with Crippen molar-refractivity contribution in [2.75, 3.05) is 6.54 Å². The third kappa shape index (κ3) is 4.03. The lowest BCUT2D eigenvalue weighted by Crippen LogP contribution is -2.37. The van der Waals surface area contributed by atoms with Crippen LogP contribution in [-0.4, -0.2) is 22.2 Å². The smallest absolute Gasteiger partial charge is 0.227 e. The van der Waals surface area contributed by atoms with Gasteiger partial charge in [-0.05, 0) is 27.7 Å². The normalized spacial score (nSPS) is 12.0.